The van der Waals surface area contributed by atoms with E-state index in [1.807, 2.05) is 0 Å². The molecule has 0 saturated heterocycles. The number of carbonyl (C=O) groups is 1. The van der Waals surface area contributed by atoms with E-state index in [1.54, 1.807) is 0 Å². The molecule has 3 N–H and O–H groups in total. The number of nitrogens with zero attached hydrogens (tertiary/aromatic N) is 3. The smallest absolute Gasteiger partial charge is 0.270 e. The van der Waals surface area contributed by atoms with Gasteiger partial charge in [-0.05, 0) is 6.07 Å². The van der Waals surface area contributed by atoms with Crippen LogP contribution < -0.4 is 11.2 Å². The number of amides is 1. The first-order valence-corrected chi connectivity index (χ1v) is 4.83. The minimum Gasteiger partial charge on any atom is -0.366 e. The van der Waals surface area contributed by atoms with Gasteiger partial charge in [-0.2, -0.15) is 5.11 Å². The first-order chi connectivity index (χ1) is 8.56. The molecule has 0 bridgehead atoms. The average molecular weight is 255 g/mol. The first kappa shape index (κ1) is 13.5. The van der Waals surface area contributed by atoms with Crippen LogP contribution in [-0.4, -0.2) is 24.0 Å². The zero-order valence-corrected chi connectivity index (χ0v) is 9.17. The highest BCUT2D eigenvalue weighted by atomic mass is 19.1. The molecule has 0 aliphatic heterocycles. The Kier molecular flexibility index (Phi) is 4.67. The van der Waals surface area contributed by atoms with Crippen LogP contribution in [0.4, 0.5) is 15.8 Å². The largest absolute Gasteiger partial charge is 0.366 e. The van der Waals surface area contributed by atoms with Crippen LogP contribution in [0.1, 0.15) is 10.4 Å². The molecule has 18 heavy (non-hydrogen) atoms. The van der Waals surface area contributed by atoms with Gasteiger partial charge in [0.2, 0.25) is 0 Å². The number of halogens is 1. The molecular formula is C9H10FN5O3. The van der Waals surface area contributed by atoms with Crippen molar-refractivity contribution in [3.05, 3.63) is 33.9 Å². The van der Waals surface area contributed by atoms with Gasteiger partial charge in [0.1, 0.15) is 6.67 Å². The highest BCUT2D eigenvalue weighted by Crippen LogP contribution is 2.21. The zero-order chi connectivity index (χ0) is 13.5. The Morgan fingerprint density at radius 2 is 2.28 bits per heavy atom. The zero-order valence-electron chi connectivity index (χ0n) is 9.17. The Morgan fingerprint density at radius 3 is 2.83 bits per heavy atom. The minimum absolute atomic E-state index is 0.0941. The van der Waals surface area contributed by atoms with E-state index in [4.69, 9.17) is 5.73 Å². The van der Waals surface area contributed by atoms with Crippen LogP contribution in [0, 0.1) is 10.1 Å². The highest BCUT2D eigenvalue weighted by Gasteiger charge is 2.14. The third-order valence-corrected chi connectivity index (χ3v) is 1.91. The van der Waals surface area contributed by atoms with E-state index in [9.17, 15) is 19.3 Å². The summed E-state index contributed by atoms with van der Waals surface area (Å²) in [6.07, 6.45) is 0. The number of nitrogens with one attached hydrogen (secondary N) is 1. The maximum absolute atomic E-state index is 11.7. The molecule has 0 unspecified atom stereocenters. The lowest BCUT2D eigenvalue weighted by atomic mass is 10.1. The molecule has 1 amide bonds. The van der Waals surface area contributed by atoms with E-state index in [0.717, 1.165) is 6.07 Å². The molecule has 1 rings (SSSR count). The summed E-state index contributed by atoms with van der Waals surface area (Å²) in [5.74, 6) is -0.845. The number of alkyl halides is 1. The second kappa shape index (κ2) is 6.23. The number of carbonyl (C=O) groups excluding carboxylic acids is 1. The van der Waals surface area contributed by atoms with E-state index in [0.29, 0.717) is 0 Å². The fourth-order valence-electron chi connectivity index (χ4n) is 1.12. The molecule has 1 aromatic rings. The molecule has 96 valence electrons. The molecule has 0 radical (unpaired) electrons. The van der Waals surface area contributed by atoms with Gasteiger partial charge in [-0.25, -0.2) is 4.39 Å². The quantitative estimate of drug-likeness (QED) is 0.453. The van der Waals surface area contributed by atoms with Crippen molar-refractivity contribution in [3.63, 3.8) is 0 Å². The minimum atomic E-state index is -0.845. The standard InChI is InChI=1S/C9H10FN5O3/c10-3-4-12-14-13-8-2-1-6(15(17)18)5-7(8)9(11)16/h1-2,5H,3-4H2,(H2,11,16)(H,12,13). The van der Waals surface area contributed by atoms with Crippen LogP contribution in [0.15, 0.2) is 28.5 Å². The van der Waals surface area contributed by atoms with Crippen molar-refractivity contribution in [1.29, 1.82) is 0 Å². The molecule has 1 aromatic carbocycles. The monoisotopic (exact) mass is 255 g/mol. The molecule has 0 heterocycles. The normalized spacial score (nSPS) is 10.5. The van der Waals surface area contributed by atoms with Crippen molar-refractivity contribution >= 4 is 17.3 Å². The van der Waals surface area contributed by atoms with Crippen LogP contribution in [0.2, 0.25) is 0 Å². The van der Waals surface area contributed by atoms with Crippen molar-refractivity contribution in [2.24, 2.45) is 16.1 Å². The molecule has 0 atom stereocenters. The number of benzene rings is 1. The number of non-ortho nitro benzene ring substituents is 1. The number of nitro benzene ring substituents is 1. The van der Waals surface area contributed by atoms with E-state index >= 15 is 0 Å². The molecular weight excluding hydrogens is 245 g/mol. The SMILES string of the molecule is NC(=O)c1cc([N+](=O)[O-])ccc1NN=NCCF. The van der Waals surface area contributed by atoms with Gasteiger partial charge >= 0.3 is 0 Å². The summed E-state index contributed by atoms with van der Waals surface area (Å²) in [6, 6.07) is 3.47. The van der Waals surface area contributed by atoms with Gasteiger partial charge in [-0.15, -0.1) is 0 Å². The Labute approximate surface area is 101 Å². The summed E-state index contributed by atoms with van der Waals surface area (Å²) in [4.78, 5) is 21.0. The summed E-state index contributed by atoms with van der Waals surface area (Å²) in [5, 5.41) is 17.3. The summed E-state index contributed by atoms with van der Waals surface area (Å²) >= 11 is 0. The molecule has 0 spiro atoms. The lowest BCUT2D eigenvalue weighted by molar-refractivity contribution is -0.384. The lowest BCUT2D eigenvalue weighted by Gasteiger charge is -2.04. The number of nitrogens with two attached hydrogens (primary N) is 1. The molecule has 0 aliphatic rings. The van der Waals surface area contributed by atoms with Crippen LogP contribution in [0.25, 0.3) is 0 Å². The van der Waals surface area contributed by atoms with Crippen LogP contribution in [-0.2, 0) is 0 Å². The van der Waals surface area contributed by atoms with Crippen molar-refractivity contribution in [2.45, 2.75) is 0 Å². The van der Waals surface area contributed by atoms with Crippen LogP contribution in [0.5, 0.6) is 0 Å². The van der Waals surface area contributed by atoms with Crippen molar-refractivity contribution in [2.75, 3.05) is 18.6 Å². The fourth-order valence-corrected chi connectivity index (χ4v) is 1.12. The van der Waals surface area contributed by atoms with E-state index in [1.165, 1.54) is 12.1 Å². The molecule has 0 saturated carbocycles. The van der Waals surface area contributed by atoms with Gasteiger partial charge in [-0.3, -0.25) is 20.3 Å². The molecule has 9 heteroatoms. The molecule has 0 aliphatic carbocycles. The third kappa shape index (κ3) is 3.47. The summed E-state index contributed by atoms with van der Waals surface area (Å²) in [5.41, 5.74) is 7.24. The summed E-state index contributed by atoms with van der Waals surface area (Å²) in [6.45, 7) is -0.778. The maximum atomic E-state index is 11.7. The molecule has 0 fully saturated rings. The summed E-state index contributed by atoms with van der Waals surface area (Å²) < 4.78 is 11.7. The molecule has 0 aromatic heterocycles. The lowest BCUT2D eigenvalue weighted by Crippen LogP contribution is -2.13. The third-order valence-electron chi connectivity index (χ3n) is 1.91. The Morgan fingerprint density at radius 1 is 1.56 bits per heavy atom. The highest BCUT2D eigenvalue weighted by molar-refractivity contribution is 5.99. The predicted octanol–water partition coefficient (Wildman–Crippen LogP) is 1.44. The van der Waals surface area contributed by atoms with Gasteiger partial charge in [0.15, 0.2) is 0 Å². The van der Waals surface area contributed by atoms with Crippen molar-refractivity contribution in [1.82, 2.24) is 0 Å². The number of hydrogen-bond donors (Lipinski definition) is 2. The van der Waals surface area contributed by atoms with E-state index in [-0.39, 0.29) is 23.5 Å². The van der Waals surface area contributed by atoms with Gasteiger partial charge in [0.25, 0.3) is 11.6 Å². The average Bonchev–Trinajstić information content (AvgIpc) is 2.34. The van der Waals surface area contributed by atoms with Crippen LogP contribution in [0.3, 0.4) is 0 Å². The first-order valence-electron chi connectivity index (χ1n) is 4.83. The Hall–Kier alpha value is -2.58. The fraction of sp³-hybridized carbons (Fsp3) is 0.222. The number of primary amides is 1. The van der Waals surface area contributed by atoms with Crippen LogP contribution >= 0.6 is 0 Å². The number of rotatable bonds is 6. The number of anilines is 1. The van der Waals surface area contributed by atoms with E-state index in [2.05, 4.69) is 15.8 Å². The van der Waals surface area contributed by atoms with Gasteiger partial charge in [0, 0.05) is 12.1 Å². The second-order valence-corrected chi connectivity index (χ2v) is 3.12. The maximum Gasteiger partial charge on any atom is 0.270 e. The predicted molar refractivity (Wildman–Crippen MR) is 60.9 cm³/mol. The van der Waals surface area contributed by atoms with E-state index < -0.39 is 17.5 Å². The topological polar surface area (TPSA) is 123 Å². The van der Waals surface area contributed by atoms with Crippen molar-refractivity contribution < 1.29 is 14.1 Å². The number of nitro groups is 1. The van der Waals surface area contributed by atoms with Gasteiger partial charge in [-0.1, -0.05) is 5.22 Å². The van der Waals surface area contributed by atoms with Gasteiger partial charge < -0.3 is 5.73 Å². The Bertz CT molecular complexity index is 491. The number of hydrogen-bond acceptors (Lipinski definition) is 5. The van der Waals surface area contributed by atoms with Crippen molar-refractivity contribution in [3.8, 4) is 0 Å². The van der Waals surface area contributed by atoms with Gasteiger partial charge in [0.05, 0.1) is 22.7 Å². The summed E-state index contributed by atoms with van der Waals surface area (Å²) in [7, 11) is 0. The Balaban J connectivity index is 2.97. The second-order valence-electron chi connectivity index (χ2n) is 3.12. The molecule has 8 nitrogen and oxygen atoms in total.